The SMILES string of the molecule is Cc1ccc(C(=O)C[n+]2ccc(-c3ccco3)nc2)cc1. The average Bonchev–Trinajstić information content (AvgIpc) is 3.03. The highest BCUT2D eigenvalue weighted by molar-refractivity contribution is 5.95. The molecule has 0 saturated heterocycles. The quantitative estimate of drug-likeness (QED) is 0.545. The summed E-state index contributed by atoms with van der Waals surface area (Å²) < 4.78 is 7.04. The first kappa shape index (κ1) is 13.2. The highest BCUT2D eigenvalue weighted by Crippen LogP contribution is 2.14. The number of hydrogen-bond donors (Lipinski definition) is 0. The lowest BCUT2D eigenvalue weighted by molar-refractivity contribution is -0.686. The molecule has 4 heteroatoms. The summed E-state index contributed by atoms with van der Waals surface area (Å²) in [7, 11) is 0. The number of carbonyl (C=O) groups excluding carboxylic acids is 1. The normalized spacial score (nSPS) is 10.5. The van der Waals surface area contributed by atoms with E-state index in [4.69, 9.17) is 4.42 Å². The van der Waals surface area contributed by atoms with Crippen LogP contribution in [0.2, 0.25) is 0 Å². The molecule has 0 spiro atoms. The molecule has 0 aliphatic carbocycles. The van der Waals surface area contributed by atoms with E-state index in [-0.39, 0.29) is 12.3 Å². The molecule has 4 nitrogen and oxygen atoms in total. The van der Waals surface area contributed by atoms with Crippen molar-refractivity contribution in [3.8, 4) is 11.5 Å². The van der Waals surface area contributed by atoms with E-state index in [1.165, 1.54) is 0 Å². The van der Waals surface area contributed by atoms with Crippen molar-refractivity contribution in [2.75, 3.05) is 0 Å². The Kier molecular flexibility index (Phi) is 3.60. The number of aryl methyl sites for hydroxylation is 1. The molecule has 0 atom stereocenters. The van der Waals surface area contributed by atoms with Gasteiger partial charge in [-0.15, -0.1) is 0 Å². The Balaban J connectivity index is 1.73. The van der Waals surface area contributed by atoms with Crippen molar-refractivity contribution in [2.45, 2.75) is 13.5 Å². The van der Waals surface area contributed by atoms with Gasteiger partial charge in [-0.2, -0.15) is 0 Å². The van der Waals surface area contributed by atoms with Crippen molar-refractivity contribution in [3.63, 3.8) is 0 Å². The highest BCUT2D eigenvalue weighted by Gasteiger charge is 2.12. The maximum atomic E-state index is 12.2. The van der Waals surface area contributed by atoms with Crippen LogP contribution in [0, 0.1) is 6.92 Å². The number of Topliss-reactive ketones (excluding diaryl/α,β-unsaturated/α-hetero) is 1. The Hall–Kier alpha value is -2.75. The molecule has 0 fully saturated rings. The van der Waals surface area contributed by atoms with E-state index in [0.717, 1.165) is 11.3 Å². The minimum absolute atomic E-state index is 0.0625. The predicted molar refractivity (Wildman–Crippen MR) is 77.6 cm³/mol. The summed E-state index contributed by atoms with van der Waals surface area (Å²) in [5.74, 6) is 0.777. The van der Waals surface area contributed by atoms with Gasteiger partial charge in [0, 0.05) is 11.6 Å². The smallest absolute Gasteiger partial charge is 0.287 e. The second-order valence-corrected chi connectivity index (χ2v) is 4.88. The molecule has 21 heavy (non-hydrogen) atoms. The molecule has 0 bridgehead atoms. The zero-order valence-corrected chi connectivity index (χ0v) is 11.7. The zero-order valence-electron chi connectivity index (χ0n) is 11.7. The Morgan fingerprint density at radius 2 is 2.00 bits per heavy atom. The second kappa shape index (κ2) is 5.71. The van der Waals surface area contributed by atoms with Gasteiger partial charge < -0.3 is 4.42 Å². The summed E-state index contributed by atoms with van der Waals surface area (Å²) >= 11 is 0. The van der Waals surface area contributed by atoms with E-state index in [1.54, 1.807) is 17.2 Å². The van der Waals surface area contributed by atoms with E-state index in [1.807, 2.05) is 55.6 Å². The first-order valence-corrected chi connectivity index (χ1v) is 6.71. The van der Waals surface area contributed by atoms with Crippen LogP contribution < -0.4 is 4.57 Å². The van der Waals surface area contributed by atoms with Gasteiger partial charge in [0.25, 0.3) is 6.33 Å². The number of ketones is 1. The summed E-state index contributed by atoms with van der Waals surface area (Å²) in [5.41, 5.74) is 2.60. The molecular formula is C17H15N2O2+. The van der Waals surface area contributed by atoms with Crippen LogP contribution in [0.25, 0.3) is 11.5 Å². The molecule has 0 amide bonds. The summed E-state index contributed by atoms with van der Waals surface area (Å²) in [5, 5.41) is 0. The van der Waals surface area contributed by atoms with Crippen LogP contribution in [0.3, 0.4) is 0 Å². The fourth-order valence-electron chi connectivity index (χ4n) is 2.04. The number of hydrogen-bond acceptors (Lipinski definition) is 3. The van der Waals surface area contributed by atoms with Crippen LogP contribution in [0.15, 0.2) is 65.7 Å². The van der Waals surface area contributed by atoms with E-state index in [0.29, 0.717) is 11.3 Å². The zero-order chi connectivity index (χ0) is 14.7. The molecule has 3 rings (SSSR count). The minimum Gasteiger partial charge on any atom is -0.460 e. The first-order chi connectivity index (χ1) is 10.2. The molecule has 0 saturated carbocycles. The molecule has 2 aromatic heterocycles. The third kappa shape index (κ3) is 3.05. The number of furan rings is 1. The van der Waals surface area contributed by atoms with Gasteiger partial charge >= 0.3 is 0 Å². The van der Waals surface area contributed by atoms with Crippen LogP contribution in [0.1, 0.15) is 15.9 Å². The van der Waals surface area contributed by atoms with Crippen molar-refractivity contribution in [3.05, 3.63) is 72.4 Å². The third-order valence-corrected chi connectivity index (χ3v) is 3.24. The highest BCUT2D eigenvalue weighted by atomic mass is 16.3. The molecular weight excluding hydrogens is 264 g/mol. The van der Waals surface area contributed by atoms with Crippen molar-refractivity contribution in [1.29, 1.82) is 0 Å². The van der Waals surface area contributed by atoms with E-state index < -0.39 is 0 Å². The Morgan fingerprint density at radius 1 is 1.19 bits per heavy atom. The lowest BCUT2D eigenvalue weighted by Crippen LogP contribution is -2.37. The maximum Gasteiger partial charge on any atom is 0.287 e. The number of carbonyl (C=O) groups is 1. The first-order valence-electron chi connectivity index (χ1n) is 6.71. The van der Waals surface area contributed by atoms with Crippen molar-refractivity contribution in [2.24, 2.45) is 0 Å². The summed E-state index contributed by atoms with van der Waals surface area (Å²) in [6, 6.07) is 13.1. The molecule has 0 aliphatic rings. The van der Waals surface area contributed by atoms with Gasteiger partial charge in [-0.3, -0.25) is 4.79 Å². The van der Waals surface area contributed by atoms with Crippen molar-refractivity contribution < 1.29 is 13.8 Å². The maximum absolute atomic E-state index is 12.2. The van der Waals surface area contributed by atoms with Gasteiger partial charge in [0.05, 0.1) is 12.5 Å². The van der Waals surface area contributed by atoms with E-state index >= 15 is 0 Å². The monoisotopic (exact) mass is 279 g/mol. The number of nitrogens with zero attached hydrogens (tertiary/aromatic N) is 2. The van der Waals surface area contributed by atoms with E-state index in [9.17, 15) is 4.79 Å². The molecule has 1 aromatic carbocycles. The molecule has 104 valence electrons. The Labute approximate surface area is 122 Å². The summed E-state index contributed by atoms with van der Waals surface area (Å²) in [6.07, 6.45) is 5.08. The topological polar surface area (TPSA) is 47.0 Å². The fraction of sp³-hybridized carbons (Fsp3) is 0.118. The summed E-state index contributed by atoms with van der Waals surface area (Å²) in [6.45, 7) is 2.27. The second-order valence-electron chi connectivity index (χ2n) is 4.88. The number of rotatable bonds is 4. The van der Waals surface area contributed by atoms with Crippen LogP contribution in [0.4, 0.5) is 0 Å². The number of aromatic nitrogens is 2. The average molecular weight is 279 g/mol. The molecule has 0 N–H and O–H groups in total. The fourth-order valence-corrected chi connectivity index (χ4v) is 2.04. The molecule has 3 aromatic rings. The Bertz CT molecular complexity index is 729. The molecule has 0 unspecified atom stereocenters. The molecule has 2 heterocycles. The van der Waals surface area contributed by atoms with Gasteiger partial charge in [0.2, 0.25) is 11.5 Å². The van der Waals surface area contributed by atoms with Gasteiger partial charge in [0.1, 0.15) is 0 Å². The molecule has 0 aliphatic heterocycles. The summed E-state index contributed by atoms with van der Waals surface area (Å²) in [4.78, 5) is 16.5. The van der Waals surface area contributed by atoms with Gasteiger partial charge in [-0.05, 0) is 24.0 Å². The largest absolute Gasteiger partial charge is 0.460 e. The predicted octanol–water partition coefficient (Wildman–Crippen LogP) is 2.82. The van der Waals surface area contributed by atoms with Crippen LogP contribution in [0.5, 0.6) is 0 Å². The lowest BCUT2D eigenvalue weighted by Gasteiger charge is -2.00. The van der Waals surface area contributed by atoms with E-state index in [2.05, 4.69) is 4.98 Å². The van der Waals surface area contributed by atoms with Crippen LogP contribution >= 0.6 is 0 Å². The van der Waals surface area contributed by atoms with Crippen LogP contribution in [-0.2, 0) is 6.54 Å². The number of benzene rings is 1. The van der Waals surface area contributed by atoms with Gasteiger partial charge in [0.15, 0.2) is 12.3 Å². The van der Waals surface area contributed by atoms with Crippen molar-refractivity contribution in [1.82, 2.24) is 4.98 Å². The lowest BCUT2D eigenvalue weighted by atomic mass is 10.1. The van der Waals surface area contributed by atoms with Crippen LogP contribution in [-0.4, -0.2) is 10.8 Å². The minimum atomic E-state index is 0.0625. The molecule has 0 radical (unpaired) electrons. The van der Waals surface area contributed by atoms with Gasteiger partial charge in [-0.1, -0.05) is 29.8 Å². The Morgan fingerprint density at radius 3 is 2.62 bits per heavy atom. The standard InChI is InChI=1S/C17H15N2O2/c1-13-4-6-14(7-5-13)16(20)11-19-9-8-15(18-12-19)17-3-2-10-21-17/h2-10,12H,11H2,1H3/q+1. The van der Waals surface area contributed by atoms with Crippen molar-refractivity contribution >= 4 is 5.78 Å². The van der Waals surface area contributed by atoms with Gasteiger partial charge in [-0.25, -0.2) is 4.57 Å². The third-order valence-electron chi connectivity index (χ3n) is 3.24.